The molecule has 2 aromatic carbocycles. The number of carbonyl (C=O) groups is 2. The van der Waals surface area contributed by atoms with E-state index in [-0.39, 0.29) is 18.5 Å². The summed E-state index contributed by atoms with van der Waals surface area (Å²) in [7, 11) is 3.11. The highest BCUT2D eigenvalue weighted by atomic mass is 79.9. The third kappa shape index (κ3) is 4.22. The number of rotatable bonds is 6. The summed E-state index contributed by atoms with van der Waals surface area (Å²) in [6, 6.07) is 10.7. The molecular formula is C20H22BrN3O4. The Labute approximate surface area is 172 Å². The third-order valence-corrected chi connectivity index (χ3v) is 5.44. The molecule has 148 valence electrons. The third-order valence-electron chi connectivity index (χ3n) is 4.55. The number of amides is 3. The summed E-state index contributed by atoms with van der Waals surface area (Å²) in [4.78, 5) is 28.3. The summed E-state index contributed by atoms with van der Waals surface area (Å²) >= 11 is 3.43. The van der Waals surface area contributed by atoms with Gasteiger partial charge in [0.05, 0.1) is 14.2 Å². The van der Waals surface area contributed by atoms with E-state index in [1.807, 2.05) is 25.1 Å². The lowest BCUT2D eigenvalue weighted by Gasteiger charge is -2.19. The largest absolute Gasteiger partial charge is 0.493 e. The Morgan fingerprint density at radius 1 is 1.11 bits per heavy atom. The van der Waals surface area contributed by atoms with Crippen molar-refractivity contribution >= 4 is 39.2 Å². The van der Waals surface area contributed by atoms with Gasteiger partial charge in [0.15, 0.2) is 11.5 Å². The van der Waals surface area contributed by atoms with Crippen LogP contribution in [0.15, 0.2) is 40.9 Å². The summed E-state index contributed by atoms with van der Waals surface area (Å²) in [5, 5.41) is 2.84. The number of carbonyl (C=O) groups excluding carboxylic acids is 2. The van der Waals surface area contributed by atoms with Crippen molar-refractivity contribution < 1.29 is 19.1 Å². The quantitative estimate of drug-likeness (QED) is 0.733. The maximum atomic E-state index is 12.7. The van der Waals surface area contributed by atoms with Crippen molar-refractivity contribution in [1.29, 1.82) is 0 Å². The number of nitrogens with one attached hydrogen (secondary N) is 1. The number of hydrogen-bond acceptors (Lipinski definition) is 4. The highest BCUT2D eigenvalue weighted by molar-refractivity contribution is 9.10. The predicted molar refractivity (Wildman–Crippen MR) is 111 cm³/mol. The molecule has 1 heterocycles. The normalized spacial score (nSPS) is 13.6. The van der Waals surface area contributed by atoms with Crippen molar-refractivity contribution in [3.63, 3.8) is 0 Å². The van der Waals surface area contributed by atoms with E-state index in [0.717, 1.165) is 10.0 Å². The molecule has 7 nitrogen and oxygen atoms in total. The number of halogens is 1. The van der Waals surface area contributed by atoms with E-state index in [1.54, 1.807) is 37.3 Å². The standard InChI is InChI=1S/C20H22BrN3O4/c1-13-10-14(4-6-16(13)21)22-19(25)12-23-8-9-24(20(23)26)15-5-7-17(27-2)18(11-15)28-3/h4-7,10-11H,8-9,12H2,1-3H3,(H,22,25). The number of ether oxygens (including phenoxy) is 2. The SMILES string of the molecule is COc1ccc(N2CCN(CC(=O)Nc3ccc(Br)c(C)c3)C2=O)cc1OC. The van der Waals surface area contributed by atoms with Crippen LogP contribution in [0.25, 0.3) is 0 Å². The molecule has 0 unspecified atom stereocenters. The molecule has 0 spiro atoms. The maximum absolute atomic E-state index is 12.7. The van der Waals surface area contributed by atoms with Crippen molar-refractivity contribution in [1.82, 2.24) is 4.90 Å². The van der Waals surface area contributed by atoms with Crippen LogP contribution in [-0.2, 0) is 4.79 Å². The molecule has 3 rings (SSSR count). The van der Waals surface area contributed by atoms with Crippen LogP contribution in [0.5, 0.6) is 11.5 Å². The van der Waals surface area contributed by atoms with Crippen LogP contribution >= 0.6 is 15.9 Å². The van der Waals surface area contributed by atoms with Gasteiger partial charge in [-0.15, -0.1) is 0 Å². The molecule has 0 aromatic heterocycles. The monoisotopic (exact) mass is 447 g/mol. The first-order valence-electron chi connectivity index (χ1n) is 8.77. The lowest BCUT2D eigenvalue weighted by atomic mass is 10.2. The summed E-state index contributed by atoms with van der Waals surface area (Å²) in [6.45, 7) is 2.92. The molecule has 1 saturated heterocycles. The minimum absolute atomic E-state index is 0.00225. The van der Waals surface area contributed by atoms with Crippen LogP contribution in [0.1, 0.15) is 5.56 Å². The average Bonchev–Trinajstić information content (AvgIpc) is 3.04. The van der Waals surface area contributed by atoms with Gasteiger partial charge in [-0.1, -0.05) is 15.9 Å². The highest BCUT2D eigenvalue weighted by Crippen LogP contribution is 2.32. The molecule has 0 atom stereocenters. The maximum Gasteiger partial charge on any atom is 0.325 e. The van der Waals surface area contributed by atoms with Gasteiger partial charge >= 0.3 is 6.03 Å². The molecule has 1 aliphatic heterocycles. The van der Waals surface area contributed by atoms with Gasteiger partial charge in [-0.2, -0.15) is 0 Å². The Kier molecular flexibility index (Phi) is 6.08. The summed E-state index contributed by atoms with van der Waals surface area (Å²) in [6.07, 6.45) is 0. The zero-order chi connectivity index (χ0) is 20.3. The average molecular weight is 448 g/mol. The fraction of sp³-hybridized carbons (Fsp3) is 0.300. The first-order valence-corrected chi connectivity index (χ1v) is 9.56. The number of aryl methyl sites for hydroxylation is 1. The number of nitrogens with zero attached hydrogens (tertiary/aromatic N) is 2. The Hall–Kier alpha value is -2.74. The van der Waals surface area contributed by atoms with Crippen molar-refractivity contribution in [3.05, 3.63) is 46.4 Å². The van der Waals surface area contributed by atoms with Crippen LogP contribution in [0, 0.1) is 6.92 Å². The molecule has 1 fully saturated rings. The molecule has 0 saturated carbocycles. The van der Waals surface area contributed by atoms with Crippen LogP contribution in [0.3, 0.4) is 0 Å². The van der Waals surface area contributed by atoms with Crippen molar-refractivity contribution in [2.45, 2.75) is 6.92 Å². The lowest BCUT2D eigenvalue weighted by Crippen LogP contribution is -2.37. The number of anilines is 2. The fourth-order valence-corrected chi connectivity index (χ4v) is 3.30. The van der Waals surface area contributed by atoms with E-state index in [4.69, 9.17) is 9.47 Å². The Bertz CT molecular complexity index is 903. The van der Waals surface area contributed by atoms with E-state index in [0.29, 0.717) is 36.0 Å². The van der Waals surface area contributed by atoms with Crippen LogP contribution in [0.4, 0.5) is 16.2 Å². The van der Waals surface area contributed by atoms with E-state index in [2.05, 4.69) is 21.2 Å². The van der Waals surface area contributed by atoms with E-state index >= 15 is 0 Å². The second-order valence-electron chi connectivity index (χ2n) is 6.41. The van der Waals surface area contributed by atoms with Crippen molar-refractivity contribution in [2.75, 3.05) is 44.1 Å². The minimum Gasteiger partial charge on any atom is -0.493 e. The lowest BCUT2D eigenvalue weighted by molar-refractivity contribution is -0.116. The molecule has 0 radical (unpaired) electrons. The van der Waals surface area contributed by atoms with E-state index in [1.165, 1.54) is 4.90 Å². The van der Waals surface area contributed by atoms with Crippen LogP contribution in [-0.4, -0.2) is 50.7 Å². The number of hydrogen-bond donors (Lipinski definition) is 1. The van der Waals surface area contributed by atoms with Gasteiger partial charge in [0, 0.05) is 35.0 Å². The van der Waals surface area contributed by atoms with Gasteiger partial charge < -0.3 is 19.7 Å². The minimum atomic E-state index is -0.232. The Balaban J connectivity index is 1.65. The molecule has 3 amide bonds. The molecule has 1 aliphatic rings. The second-order valence-corrected chi connectivity index (χ2v) is 7.26. The smallest absolute Gasteiger partial charge is 0.325 e. The molecule has 0 bridgehead atoms. The van der Waals surface area contributed by atoms with Crippen molar-refractivity contribution in [2.24, 2.45) is 0 Å². The van der Waals surface area contributed by atoms with Gasteiger partial charge in [-0.3, -0.25) is 9.69 Å². The molecular weight excluding hydrogens is 426 g/mol. The molecule has 28 heavy (non-hydrogen) atoms. The van der Waals surface area contributed by atoms with Crippen LogP contribution in [0.2, 0.25) is 0 Å². The van der Waals surface area contributed by atoms with Crippen LogP contribution < -0.4 is 19.7 Å². The first kappa shape index (κ1) is 20.0. The van der Waals surface area contributed by atoms with E-state index in [9.17, 15) is 9.59 Å². The summed E-state index contributed by atoms with van der Waals surface area (Å²) < 4.78 is 11.5. The highest BCUT2D eigenvalue weighted by Gasteiger charge is 2.31. The summed E-state index contributed by atoms with van der Waals surface area (Å²) in [5.74, 6) is 0.915. The van der Waals surface area contributed by atoms with Gasteiger partial charge in [0.2, 0.25) is 5.91 Å². The van der Waals surface area contributed by atoms with Gasteiger partial charge in [0.25, 0.3) is 0 Å². The van der Waals surface area contributed by atoms with Gasteiger partial charge in [-0.05, 0) is 42.8 Å². The Morgan fingerprint density at radius 3 is 2.54 bits per heavy atom. The Morgan fingerprint density at radius 2 is 1.86 bits per heavy atom. The zero-order valence-electron chi connectivity index (χ0n) is 16.0. The first-order chi connectivity index (χ1) is 13.4. The number of benzene rings is 2. The zero-order valence-corrected chi connectivity index (χ0v) is 17.6. The molecule has 2 aromatic rings. The summed E-state index contributed by atoms with van der Waals surface area (Å²) in [5.41, 5.74) is 2.43. The van der Waals surface area contributed by atoms with E-state index < -0.39 is 0 Å². The van der Waals surface area contributed by atoms with Gasteiger partial charge in [-0.25, -0.2) is 4.79 Å². The van der Waals surface area contributed by atoms with Gasteiger partial charge in [0.1, 0.15) is 6.54 Å². The molecule has 0 aliphatic carbocycles. The fourth-order valence-electron chi connectivity index (χ4n) is 3.06. The number of urea groups is 1. The molecule has 8 heteroatoms. The topological polar surface area (TPSA) is 71.1 Å². The molecule has 1 N–H and O–H groups in total. The predicted octanol–water partition coefficient (Wildman–Crippen LogP) is 3.66. The number of methoxy groups -OCH3 is 2. The second kappa shape index (κ2) is 8.52. The van der Waals surface area contributed by atoms with Crippen molar-refractivity contribution in [3.8, 4) is 11.5 Å².